The maximum absolute atomic E-state index is 12.8. The number of pyridine rings is 1. The van der Waals surface area contributed by atoms with Crippen LogP contribution in [0, 0.1) is 0 Å². The molecule has 2 aromatic heterocycles. The lowest BCUT2D eigenvalue weighted by molar-refractivity contribution is -0.141. The average Bonchev–Trinajstić information content (AvgIpc) is 3.02. The first-order valence-electron chi connectivity index (χ1n) is 7.78. The van der Waals surface area contributed by atoms with E-state index in [1.807, 2.05) is 12.3 Å². The molecular weight excluding hydrogens is 399 g/mol. The van der Waals surface area contributed by atoms with Crippen LogP contribution in [0.15, 0.2) is 35.2 Å². The molecule has 3 heterocycles. The van der Waals surface area contributed by atoms with Crippen molar-refractivity contribution in [3.05, 3.63) is 46.5 Å². The molecule has 1 aliphatic rings. The van der Waals surface area contributed by atoms with Crippen LogP contribution in [0.5, 0.6) is 0 Å². The first kappa shape index (κ1) is 18.1. The number of likely N-dealkylation sites (tertiary alicyclic amines) is 1. The highest BCUT2D eigenvalue weighted by Gasteiger charge is 2.34. The van der Waals surface area contributed by atoms with Gasteiger partial charge in [-0.05, 0) is 40.0 Å². The van der Waals surface area contributed by atoms with E-state index in [1.165, 1.54) is 0 Å². The van der Waals surface area contributed by atoms with Crippen molar-refractivity contribution >= 4 is 21.9 Å². The summed E-state index contributed by atoms with van der Waals surface area (Å²) in [6.07, 6.45) is 1.08. The Hall–Kier alpha value is -1.74. The number of aromatic nitrogens is 3. The van der Waals surface area contributed by atoms with Crippen LogP contribution in [0.3, 0.4) is 0 Å². The molecule has 0 amide bonds. The smallest absolute Gasteiger partial charge is 0.340 e. The molecule has 1 fully saturated rings. The topological polar surface area (TPSA) is 45.2 Å². The molecule has 1 aliphatic heterocycles. The number of alkyl halides is 3. The predicted octanol–water partition coefficient (Wildman–Crippen LogP) is 3.36. The van der Waals surface area contributed by atoms with Crippen molar-refractivity contribution in [1.82, 2.24) is 19.9 Å². The van der Waals surface area contributed by atoms with Gasteiger partial charge in [0.15, 0.2) is 0 Å². The van der Waals surface area contributed by atoms with Gasteiger partial charge in [-0.15, -0.1) is 0 Å². The van der Waals surface area contributed by atoms with Crippen molar-refractivity contribution in [1.29, 1.82) is 0 Å². The van der Waals surface area contributed by atoms with E-state index in [1.54, 1.807) is 18.1 Å². The monoisotopic (exact) mass is 415 g/mol. The summed E-state index contributed by atoms with van der Waals surface area (Å²) in [5.74, 6) is 0.103. The fourth-order valence-electron chi connectivity index (χ4n) is 2.91. The van der Waals surface area contributed by atoms with Crippen LogP contribution in [0.2, 0.25) is 0 Å². The molecule has 134 valence electrons. The van der Waals surface area contributed by atoms with E-state index in [2.05, 4.69) is 35.8 Å². The van der Waals surface area contributed by atoms with Crippen LogP contribution in [0.25, 0.3) is 0 Å². The van der Waals surface area contributed by atoms with Gasteiger partial charge < -0.3 is 4.90 Å². The minimum Gasteiger partial charge on any atom is -0.340 e. The Balaban J connectivity index is 1.65. The number of hydrogen-bond acceptors (Lipinski definition) is 5. The molecule has 0 bridgehead atoms. The summed E-state index contributed by atoms with van der Waals surface area (Å²) in [6, 6.07) is 2.97. The normalized spacial score (nSPS) is 18.5. The number of anilines is 1. The molecular formula is C16H17BrF3N5. The summed E-state index contributed by atoms with van der Waals surface area (Å²) in [6.45, 7) is 2.35. The van der Waals surface area contributed by atoms with Gasteiger partial charge in [0.2, 0.25) is 5.95 Å². The Kier molecular flexibility index (Phi) is 5.24. The largest absolute Gasteiger partial charge is 0.433 e. The standard InChI is InChI=1S/C16H17BrF3N5/c1-24(15-22-4-2-14(23-15)16(18,19)20)13-3-5-25(10-13)9-11-6-12(17)8-21-7-11/h2,4,6-8,13H,3,5,9-10H2,1H3. The third-order valence-electron chi connectivity index (χ3n) is 4.21. The van der Waals surface area contributed by atoms with Gasteiger partial charge in [-0.2, -0.15) is 13.2 Å². The SMILES string of the molecule is CN(c1nccc(C(F)(F)F)n1)C1CCN(Cc2cncc(Br)c2)C1. The predicted molar refractivity (Wildman–Crippen MR) is 91.1 cm³/mol. The van der Waals surface area contributed by atoms with Crippen LogP contribution in [0.4, 0.5) is 19.1 Å². The van der Waals surface area contributed by atoms with Crippen molar-refractivity contribution < 1.29 is 13.2 Å². The number of likely N-dealkylation sites (N-methyl/N-ethyl adjacent to an activating group) is 1. The molecule has 0 aliphatic carbocycles. The Morgan fingerprint density at radius 2 is 2.16 bits per heavy atom. The van der Waals surface area contributed by atoms with Crippen LogP contribution < -0.4 is 4.90 Å². The van der Waals surface area contributed by atoms with Crippen molar-refractivity contribution in [3.8, 4) is 0 Å². The van der Waals surface area contributed by atoms with E-state index in [0.717, 1.165) is 48.4 Å². The van der Waals surface area contributed by atoms with Crippen molar-refractivity contribution in [2.75, 3.05) is 25.0 Å². The molecule has 9 heteroatoms. The zero-order valence-corrected chi connectivity index (χ0v) is 15.1. The molecule has 0 N–H and O–H groups in total. The minimum atomic E-state index is -4.46. The quantitative estimate of drug-likeness (QED) is 0.765. The summed E-state index contributed by atoms with van der Waals surface area (Å²) >= 11 is 3.40. The van der Waals surface area contributed by atoms with Crippen molar-refractivity contribution in [2.24, 2.45) is 0 Å². The highest BCUT2D eigenvalue weighted by molar-refractivity contribution is 9.10. The summed E-state index contributed by atoms with van der Waals surface area (Å²) in [5.41, 5.74) is 0.174. The molecule has 1 saturated heterocycles. The Bertz CT molecular complexity index is 740. The number of hydrogen-bond donors (Lipinski definition) is 0. The molecule has 3 rings (SSSR count). The van der Waals surface area contributed by atoms with Gasteiger partial charge in [-0.3, -0.25) is 9.88 Å². The van der Waals surface area contributed by atoms with Crippen LogP contribution in [0.1, 0.15) is 17.7 Å². The number of nitrogens with zero attached hydrogens (tertiary/aromatic N) is 5. The van der Waals surface area contributed by atoms with E-state index >= 15 is 0 Å². The second kappa shape index (κ2) is 7.25. The maximum Gasteiger partial charge on any atom is 0.433 e. The van der Waals surface area contributed by atoms with E-state index in [9.17, 15) is 13.2 Å². The summed E-state index contributed by atoms with van der Waals surface area (Å²) in [5, 5.41) is 0. The first-order chi connectivity index (χ1) is 11.8. The molecule has 1 atom stereocenters. The maximum atomic E-state index is 12.8. The molecule has 1 unspecified atom stereocenters. The zero-order valence-electron chi connectivity index (χ0n) is 13.5. The van der Waals surface area contributed by atoms with Gasteiger partial charge in [-0.1, -0.05) is 0 Å². The highest BCUT2D eigenvalue weighted by Crippen LogP contribution is 2.29. The summed E-state index contributed by atoms with van der Waals surface area (Å²) in [4.78, 5) is 15.8. The zero-order chi connectivity index (χ0) is 18.0. The fraction of sp³-hybridized carbons (Fsp3) is 0.438. The van der Waals surface area contributed by atoms with Crippen molar-refractivity contribution in [2.45, 2.75) is 25.2 Å². The molecule has 0 radical (unpaired) electrons. The number of rotatable bonds is 4. The lowest BCUT2D eigenvalue weighted by Crippen LogP contribution is -2.35. The molecule has 0 saturated carbocycles. The molecule has 2 aromatic rings. The van der Waals surface area contributed by atoms with Gasteiger partial charge in [-0.25, -0.2) is 9.97 Å². The summed E-state index contributed by atoms with van der Waals surface area (Å²) < 4.78 is 39.4. The molecule has 0 aromatic carbocycles. The Labute approximate surface area is 152 Å². The van der Waals surface area contributed by atoms with E-state index < -0.39 is 11.9 Å². The van der Waals surface area contributed by atoms with E-state index in [0.29, 0.717) is 0 Å². The van der Waals surface area contributed by atoms with E-state index in [-0.39, 0.29) is 12.0 Å². The average molecular weight is 416 g/mol. The first-order valence-corrected chi connectivity index (χ1v) is 8.57. The second-order valence-electron chi connectivity index (χ2n) is 6.04. The lowest BCUT2D eigenvalue weighted by Gasteiger charge is -2.25. The lowest BCUT2D eigenvalue weighted by atomic mass is 10.2. The molecule has 25 heavy (non-hydrogen) atoms. The Morgan fingerprint density at radius 3 is 2.88 bits per heavy atom. The van der Waals surface area contributed by atoms with Crippen LogP contribution in [-0.4, -0.2) is 46.0 Å². The fourth-order valence-corrected chi connectivity index (χ4v) is 3.32. The van der Waals surface area contributed by atoms with Gasteiger partial charge in [0.1, 0.15) is 5.69 Å². The van der Waals surface area contributed by atoms with Gasteiger partial charge in [0.05, 0.1) is 0 Å². The van der Waals surface area contributed by atoms with E-state index in [4.69, 9.17) is 0 Å². The minimum absolute atomic E-state index is 0.0728. The Morgan fingerprint density at radius 1 is 1.36 bits per heavy atom. The number of halogens is 4. The van der Waals surface area contributed by atoms with Gasteiger partial charge in [0, 0.05) is 55.8 Å². The van der Waals surface area contributed by atoms with Gasteiger partial charge in [0.25, 0.3) is 0 Å². The summed E-state index contributed by atoms with van der Waals surface area (Å²) in [7, 11) is 1.74. The molecule has 0 spiro atoms. The van der Waals surface area contributed by atoms with Crippen LogP contribution >= 0.6 is 15.9 Å². The third-order valence-corrected chi connectivity index (χ3v) is 4.65. The van der Waals surface area contributed by atoms with Gasteiger partial charge >= 0.3 is 6.18 Å². The van der Waals surface area contributed by atoms with Crippen LogP contribution in [-0.2, 0) is 12.7 Å². The third kappa shape index (κ3) is 4.46. The molecule has 5 nitrogen and oxygen atoms in total. The van der Waals surface area contributed by atoms with Crippen molar-refractivity contribution in [3.63, 3.8) is 0 Å². The highest BCUT2D eigenvalue weighted by atomic mass is 79.9. The second-order valence-corrected chi connectivity index (χ2v) is 6.96.